The number of halogens is 1. The molecular formula is C12H10FN3O5. The molecule has 0 fully saturated rings. The third kappa shape index (κ3) is 3.15. The first-order chi connectivity index (χ1) is 10.0. The molecule has 9 heteroatoms. The van der Waals surface area contributed by atoms with E-state index in [1.165, 1.54) is 18.2 Å². The molecular weight excluding hydrogens is 285 g/mol. The molecule has 0 aliphatic heterocycles. The van der Waals surface area contributed by atoms with Crippen LogP contribution in [0.3, 0.4) is 0 Å². The van der Waals surface area contributed by atoms with Crippen LogP contribution in [0, 0.1) is 15.9 Å². The molecule has 0 atom stereocenters. The Balaban J connectivity index is 2.15. The summed E-state index contributed by atoms with van der Waals surface area (Å²) in [5, 5.41) is 10.8. The van der Waals surface area contributed by atoms with Crippen molar-refractivity contribution in [1.82, 2.24) is 5.43 Å². The normalized spacial score (nSPS) is 10.2. The number of nitrogens with one attached hydrogen (secondary N) is 1. The summed E-state index contributed by atoms with van der Waals surface area (Å²) in [4.78, 5) is 21.2. The highest BCUT2D eigenvalue weighted by Gasteiger charge is 2.20. The molecule has 1 aromatic heterocycles. The molecule has 0 aliphatic carbocycles. The lowest BCUT2D eigenvalue weighted by Crippen LogP contribution is -2.29. The van der Waals surface area contributed by atoms with Crippen LogP contribution in [0.5, 0.6) is 5.75 Å². The van der Waals surface area contributed by atoms with Crippen molar-refractivity contribution >= 4 is 11.6 Å². The van der Waals surface area contributed by atoms with Gasteiger partial charge in [-0.05, 0) is 18.2 Å². The van der Waals surface area contributed by atoms with Crippen LogP contribution in [0.1, 0.15) is 16.3 Å². The van der Waals surface area contributed by atoms with E-state index in [0.29, 0.717) is 0 Å². The summed E-state index contributed by atoms with van der Waals surface area (Å²) in [6.45, 7) is -0.278. The Morgan fingerprint density at radius 3 is 2.86 bits per heavy atom. The molecule has 0 saturated carbocycles. The SMILES string of the molecule is NNC(=O)c1ccc(COc2c(F)cccc2[N+](=O)[O-])o1. The number of rotatable bonds is 5. The van der Waals surface area contributed by atoms with Crippen molar-refractivity contribution in [2.24, 2.45) is 5.84 Å². The Labute approximate surface area is 117 Å². The minimum atomic E-state index is -0.865. The summed E-state index contributed by atoms with van der Waals surface area (Å²) in [5.41, 5.74) is 1.38. The van der Waals surface area contributed by atoms with E-state index in [0.717, 1.165) is 12.1 Å². The van der Waals surface area contributed by atoms with Crippen molar-refractivity contribution in [2.45, 2.75) is 6.61 Å². The van der Waals surface area contributed by atoms with Gasteiger partial charge >= 0.3 is 11.6 Å². The van der Waals surface area contributed by atoms with Gasteiger partial charge in [0.05, 0.1) is 4.92 Å². The summed E-state index contributed by atoms with van der Waals surface area (Å²) in [7, 11) is 0. The summed E-state index contributed by atoms with van der Waals surface area (Å²) < 4.78 is 23.7. The number of nitro benzene ring substituents is 1. The Kier molecular flexibility index (Phi) is 4.14. The van der Waals surface area contributed by atoms with Gasteiger partial charge in [0.15, 0.2) is 11.6 Å². The van der Waals surface area contributed by atoms with Gasteiger partial charge in [0, 0.05) is 6.07 Å². The number of nitrogen functional groups attached to an aromatic ring is 1. The zero-order valence-electron chi connectivity index (χ0n) is 10.5. The number of hydrogen-bond donors (Lipinski definition) is 2. The number of ether oxygens (including phenoxy) is 1. The molecule has 0 radical (unpaired) electrons. The van der Waals surface area contributed by atoms with Crippen LogP contribution >= 0.6 is 0 Å². The van der Waals surface area contributed by atoms with E-state index in [2.05, 4.69) is 0 Å². The van der Waals surface area contributed by atoms with E-state index in [-0.39, 0.29) is 18.1 Å². The minimum absolute atomic E-state index is 0.0564. The monoisotopic (exact) mass is 295 g/mol. The van der Waals surface area contributed by atoms with Gasteiger partial charge in [-0.3, -0.25) is 20.3 Å². The van der Waals surface area contributed by atoms with E-state index in [4.69, 9.17) is 15.0 Å². The van der Waals surface area contributed by atoms with Crippen molar-refractivity contribution in [3.8, 4) is 5.75 Å². The molecule has 1 amide bonds. The number of nitro groups is 1. The third-order valence-electron chi connectivity index (χ3n) is 2.52. The second-order valence-electron chi connectivity index (χ2n) is 3.87. The van der Waals surface area contributed by atoms with Crippen LogP contribution in [0.2, 0.25) is 0 Å². The van der Waals surface area contributed by atoms with Crippen molar-refractivity contribution in [3.63, 3.8) is 0 Å². The molecule has 2 rings (SSSR count). The van der Waals surface area contributed by atoms with E-state index in [1.54, 1.807) is 0 Å². The first-order valence-corrected chi connectivity index (χ1v) is 5.68. The number of carbonyl (C=O) groups excluding carboxylic acids is 1. The molecule has 2 aromatic rings. The average molecular weight is 295 g/mol. The van der Waals surface area contributed by atoms with E-state index in [9.17, 15) is 19.3 Å². The molecule has 110 valence electrons. The van der Waals surface area contributed by atoms with Crippen LogP contribution < -0.4 is 16.0 Å². The Bertz CT molecular complexity index is 685. The van der Waals surface area contributed by atoms with Crippen LogP contribution in [-0.4, -0.2) is 10.8 Å². The Morgan fingerprint density at radius 2 is 2.19 bits per heavy atom. The number of amides is 1. The maximum absolute atomic E-state index is 13.6. The second-order valence-corrected chi connectivity index (χ2v) is 3.87. The lowest BCUT2D eigenvalue weighted by Gasteiger charge is -2.05. The topological polar surface area (TPSA) is 121 Å². The highest BCUT2D eigenvalue weighted by Crippen LogP contribution is 2.30. The molecule has 0 bridgehead atoms. The predicted molar refractivity (Wildman–Crippen MR) is 67.7 cm³/mol. The Morgan fingerprint density at radius 1 is 1.43 bits per heavy atom. The molecule has 0 spiro atoms. The number of benzene rings is 1. The van der Waals surface area contributed by atoms with Gasteiger partial charge in [0.25, 0.3) is 0 Å². The van der Waals surface area contributed by atoms with Crippen LogP contribution in [0.25, 0.3) is 0 Å². The van der Waals surface area contributed by atoms with Gasteiger partial charge in [-0.1, -0.05) is 6.07 Å². The van der Waals surface area contributed by atoms with Gasteiger partial charge < -0.3 is 9.15 Å². The summed E-state index contributed by atoms with van der Waals surface area (Å²) >= 11 is 0. The first-order valence-electron chi connectivity index (χ1n) is 5.68. The first kappa shape index (κ1) is 14.5. The second kappa shape index (κ2) is 6.01. The molecule has 0 unspecified atom stereocenters. The lowest BCUT2D eigenvalue weighted by molar-refractivity contribution is -0.386. The van der Waals surface area contributed by atoms with E-state index >= 15 is 0 Å². The molecule has 3 N–H and O–H groups in total. The summed E-state index contributed by atoms with van der Waals surface area (Å²) in [5.74, 6) is 3.06. The molecule has 8 nitrogen and oxygen atoms in total. The van der Waals surface area contributed by atoms with Gasteiger partial charge in [-0.2, -0.15) is 0 Å². The largest absolute Gasteiger partial charge is 0.477 e. The minimum Gasteiger partial charge on any atom is -0.477 e. The standard InChI is InChI=1S/C12H10FN3O5/c13-8-2-1-3-9(16(18)19)11(8)20-6-7-4-5-10(21-7)12(17)15-14/h1-5H,6,14H2,(H,15,17). The number of nitrogens with two attached hydrogens (primary N) is 1. The van der Waals surface area contributed by atoms with Crippen molar-refractivity contribution in [3.05, 3.63) is 57.8 Å². The molecule has 1 heterocycles. The van der Waals surface area contributed by atoms with Crippen LogP contribution in [0.4, 0.5) is 10.1 Å². The van der Waals surface area contributed by atoms with Crippen molar-refractivity contribution in [1.29, 1.82) is 0 Å². The third-order valence-corrected chi connectivity index (χ3v) is 2.52. The highest BCUT2D eigenvalue weighted by atomic mass is 19.1. The quantitative estimate of drug-likeness (QED) is 0.373. The number of hydrogen-bond acceptors (Lipinski definition) is 6. The van der Waals surface area contributed by atoms with Crippen LogP contribution in [0.15, 0.2) is 34.7 Å². The highest BCUT2D eigenvalue weighted by molar-refractivity contribution is 5.90. The zero-order valence-corrected chi connectivity index (χ0v) is 10.5. The van der Waals surface area contributed by atoms with E-state index in [1.807, 2.05) is 5.43 Å². The van der Waals surface area contributed by atoms with Gasteiger partial charge in [-0.25, -0.2) is 10.2 Å². The van der Waals surface area contributed by atoms with Crippen molar-refractivity contribution in [2.75, 3.05) is 0 Å². The van der Waals surface area contributed by atoms with E-state index < -0.39 is 28.1 Å². The lowest BCUT2D eigenvalue weighted by atomic mass is 10.3. The molecule has 21 heavy (non-hydrogen) atoms. The van der Waals surface area contributed by atoms with Crippen LogP contribution in [-0.2, 0) is 6.61 Å². The predicted octanol–water partition coefficient (Wildman–Crippen LogP) is 1.51. The fourth-order valence-electron chi connectivity index (χ4n) is 1.58. The molecule has 1 aromatic carbocycles. The number of hydrazine groups is 1. The fraction of sp³-hybridized carbons (Fsp3) is 0.0833. The maximum atomic E-state index is 13.6. The smallest absolute Gasteiger partial charge is 0.314 e. The summed E-state index contributed by atoms with van der Waals surface area (Å²) in [6, 6.07) is 6.12. The van der Waals surface area contributed by atoms with Crippen molar-refractivity contribution < 1.29 is 23.3 Å². The number of carbonyl (C=O) groups is 1. The van der Waals surface area contributed by atoms with Gasteiger partial charge in [0.2, 0.25) is 5.75 Å². The number of nitrogens with zero attached hydrogens (tertiary/aromatic N) is 1. The Hall–Kier alpha value is -2.94. The average Bonchev–Trinajstić information content (AvgIpc) is 2.93. The van der Waals surface area contributed by atoms with Gasteiger partial charge in [-0.15, -0.1) is 0 Å². The summed E-state index contributed by atoms with van der Waals surface area (Å²) in [6.07, 6.45) is 0. The molecule has 0 aliphatic rings. The number of para-hydroxylation sites is 1. The van der Waals surface area contributed by atoms with Gasteiger partial charge in [0.1, 0.15) is 12.4 Å². The number of furan rings is 1. The fourth-order valence-corrected chi connectivity index (χ4v) is 1.58. The zero-order chi connectivity index (χ0) is 15.4. The maximum Gasteiger partial charge on any atom is 0.314 e. The molecule has 0 saturated heterocycles.